The quantitative estimate of drug-likeness (QED) is 0.376. The van der Waals surface area contributed by atoms with E-state index in [1.807, 2.05) is 17.0 Å². The van der Waals surface area contributed by atoms with Gasteiger partial charge in [-0.05, 0) is 92.4 Å². The van der Waals surface area contributed by atoms with E-state index in [0.29, 0.717) is 16.0 Å². The van der Waals surface area contributed by atoms with Crippen LogP contribution in [0.3, 0.4) is 0 Å². The van der Waals surface area contributed by atoms with Crippen LogP contribution in [-0.2, 0) is 11.2 Å². The molecule has 0 radical (unpaired) electrons. The van der Waals surface area contributed by atoms with Gasteiger partial charge in [-0.15, -0.1) is 0 Å². The molecular formula is C29H33Cl2N3O. The number of nitrogens with zero attached hydrogens (tertiary/aromatic N) is 2. The van der Waals surface area contributed by atoms with Crippen molar-refractivity contribution in [2.24, 2.45) is 11.8 Å². The standard InChI is InChI=1S/C29H33Cl2N3O/c30-26-7-5-21(18-27(26)31)6-8-29(35)34-15-11-23(12-16-34)20-33-13-9-22(10-14-33)17-24-19-32-28-4-2-1-3-25(24)28/h1-8,18-19,22-23,32H,9-17,20H2/b8-6+. The molecule has 0 spiro atoms. The number of aromatic nitrogens is 1. The van der Waals surface area contributed by atoms with Gasteiger partial charge in [0.15, 0.2) is 0 Å². The van der Waals surface area contributed by atoms with Crippen LogP contribution < -0.4 is 0 Å². The van der Waals surface area contributed by atoms with Gasteiger partial charge in [0.05, 0.1) is 10.0 Å². The normalized spacial score (nSPS) is 18.6. The van der Waals surface area contributed by atoms with E-state index >= 15 is 0 Å². The number of para-hydroxylation sites is 1. The molecule has 3 aromatic rings. The molecule has 4 nitrogen and oxygen atoms in total. The molecule has 1 aromatic heterocycles. The molecule has 35 heavy (non-hydrogen) atoms. The highest BCUT2D eigenvalue weighted by molar-refractivity contribution is 6.42. The van der Waals surface area contributed by atoms with Crippen LogP contribution >= 0.6 is 23.2 Å². The van der Waals surface area contributed by atoms with Gasteiger partial charge in [0.1, 0.15) is 0 Å². The van der Waals surface area contributed by atoms with E-state index in [2.05, 4.69) is 40.3 Å². The zero-order chi connectivity index (χ0) is 24.2. The number of likely N-dealkylation sites (tertiary alicyclic amines) is 2. The van der Waals surface area contributed by atoms with Gasteiger partial charge in [-0.3, -0.25) is 4.79 Å². The van der Waals surface area contributed by atoms with Crippen molar-refractivity contribution in [2.45, 2.75) is 32.1 Å². The molecular weight excluding hydrogens is 477 g/mol. The topological polar surface area (TPSA) is 39.3 Å². The number of hydrogen-bond donors (Lipinski definition) is 1. The van der Waals surface area contributed by atoms with E-state index in [4.69, 9.17) is 23.2 Å². The second-order valence-electron chi connectivity index (χ2n) is 10.1. The summed E-state index contributed by atoms with van der Waals surface area (Å²) in [4.78, 5) is 20.7. The lowest BCUT2D eigenvalue weighted by Crippen LogP contribution is -2.43. The molecule has 2 saturated heterocycles. The number of benzene rings is 2. The molecule has 2 fully saturated rings. The Hall–Kier alpha value is -2.27. The molecule has 0 unspecified atom stereocenters. The van der Waals surface area contributed by atoms with Gasteiger partial charge in [0, 0.05) is 42.8 Å². The summed E-state index contributed by atoms with van der Waals surface area (Å²) >= 11 is 12.0. The Labute approximate surface area is 217 Å². The minimum atomic E-state index is 0.0765. The Morgan fingerprint density at radius 2 is 1.69 bits per heavy atom. The first-order valence-electron chi connectivity index (χ1n) is 12.7. The molecule has 0 atom stereocenters. The summed E-state index contributed by atoms with van der Waals surface area (Å²) in [7, 11) is 0. The maximum absolute atomic E-state index is 12.6. The minimum Gasteiger partial charge on any atom is -0.361 e. The van der Waals surface area contributed by atoms with Crippen LogP contribution in [0.5, 0.6) is 0 Å². The molecule has 2 aliphatic heterocycles. The number of hydrogen-bond acceptors (Lipinski definition) is 2. The van der Waals surface area contributed by atoms with Crippen LogP contribution in [0, 0.1) is 11.8 Å². The average Bonchev–Trinajstić information content (AvgIpc) is 3.29. The molecule has 0 aliphatic carbocycles. The van der Waals surface area contributed by atoms with Gasteiger partial charge >= 0.3 is 0 Å². The molecule has 0 bridgehead atoms. The summed E-state index contributed by atoms with van der Waals surface area (Å²) in [6.07, 6.45) is 11.6. The Kier molecular flexibility index (Phi) is 7.81. The van der Waals surface area contributed by atoms with Gasteiger partial charge in [-0.2, -0.15) is 0 Å². The molecule has 5 rings (SSSR count). The van der Waals surface area contributed by atoms with Crippen molar-refractivity contribution >= 4 is 46.1 Å². The van der Waals surface area contributed by atoms with Crippen LogP contribution in [0.15, 0.2) is 54.7 Å². The first-order chi connectivity index (χ1) is 17.0. The molecule has 0 saturated carbocycles. The number of fused-ring (bicyclic) bond motifs is 1. The zero-order valence-corrected chi connectivity index (χ0v) is 21.6. The fourth-order valence-electron chi connectivity index (χ4n) is 5.57. The second-order valence-corrected chi connectivity index (χ2v) is 10.9. The number of rotatable bonds is 6. The van der Waals surface area contributed by atoms with Gasteiger partial charge < -0.3 is 14.8 Å². The van der Waals surface area contributed by atoms with Crippen molar-refractivity contribution < 1.29 is 4.79 Å². The SMILES string of the molecule is O=C(/C=C/c1ccc(Cl)c(Cl)c1)N1CCC(CN2CCC(Cc3c[nH]c4ccccc34)CC2)CC1. The average molecular weight is 511 g/mol. The molecule has 1 N–H and O–H groups in total. The highest BCUT2D eigenvalue weighted by Crippen LogP contribution is 2.28. The summed E-state index contributed by atoms with van der Waals surface area (Å²) in [5, 5.41) is 2.41. The number of carbonyl (C=O) groups is 1. The third kappa shape index (κ3) is 6.11. The zero-order valence-electron chi connectivity index (χ0n) is 20.1. The van der Waals surface area contributed by atoms with E-state index in [0.717, 1.165) is 37.4 Å². The van der Waals surface area contributed by atoms with Crippen molar-refractivity contribution in [3.8, 4) is 0 Å². The summed E-state index contributed by atoms with van der Waals surface area (Å²) in [6, 6.07) is 14.0. The predicted molar refractivity (Wildman–Crippen MR) is 146 cm³/mol. The molecule has 2 aromatic carbocycles. The Morgan fingerprint density at radius 3 is 2.46 bits per heavy atom. The maximum atomic E-state index is 12.6. The Morgan fingerprint density at radius 1 is 0.943 bits per heavy atom. The van der Waals surface area contributed by atoms with Crippen LogP contribution in [0.1, 0.15) is 36.8 Å². The summed E-state index contributed by atoms with van der Waals surface area (Å²) in [5.74, 6) is 1.53. The van der Waals surface area contributed by atoms with Gasteiger partial charge in [-0.25, -0.2) is 0 Å². The van der Waals surface area contributed by atoms with Crippen molar-refractivity contribution in [3.05, 3.63) is 75.9 Å². The number of aromatic amines is 1. The molecule has 3 heterocycles. The maximum Gasteiger partial charge on any atom is 0.246 e. The molecule has 6 heteroatoms. The largest absolute Gasteiger partial charge is 0.361 e. The first kappa shape index (κ1) is 24.4. The van der Waals surface area contributed by atoms with E-state index in [1.54, 1.807) is 18.2 Å². The van der Waals surface area contributed by atoms with Crippen LogP contribution in [0.4, 0.5) is 0 Å². The highest BCUT2D eigenvalue weighted by atomic mass is 35.5. The number of amides is 1. The van der Waals surface area contributed by atoms with E-state index in [9.17, 15) is 4.79 Å². The van der Waals surface area contributed by atoms with Crippen molar-refractivity contribution in [1.82, 2.24) is 14.8 Å². The number of halogens is 2. The number of nitrogens with one attached hydrogen (secondary N) is 1. The van der Waals surface area contributed by atoms with Gasteiger partial charge in [-0.1, -0.05) is 47.5 Å². The summed E-state index contributed by atoms with van der Waals surface area (Å²) < 4.78 is 0. The molecule has 1 amide bonds. The first-order valence-corrected chi connectivity index (χ1v) is 13.5. The van der Waals surface area contributed by atoms with Gasteiger partial charge in [0.2, 0.25) is 5.91 Å². The van der Waals surface area contributed by atoms with E-state index in [1.165, 1.54) is 55.4 Å². The van der Waals surface area contributed by atoms with Crippen molar-refractivity contribution in [3.63, 3.8) is 0 Å². The number of H-pyrrole nitrogens is 1. The number of carbonyl (C=O) groups excluding carboxylic acids is 1. The molecule has 184 valence electrons. The smallest absolute Gasteiger partial charge is 0.246 e. The third-order valence-corrected chi connectivity index (χ3v) is 8.43. The van der Waals surface area contributed by atoms with Crippen LogP contribution in [0.2, 0.25) is 10.0 Å². The summed E-state index contributed by atoms with van der Waals surface area (Å²) in [6.45, 7) is 5.23. The summed E-state index contributed by atoms with van der Waals surface area (Å²) in [5.41, 5.74) is 3.59. The van der Waals surface area contributed by atoms with Crippen molar-refractivity contribution in [2.75, 3.05) is 32.7 Å². The Balaban J connectivity index is 1.04. The fraction of sp³-hybridized carbons (Fsp3) is 0.414. The number of piperidine rings is 2. The third-order valence-electron chi connectivity index (χ3n) is 7.70. The van der Waals surface area contributed by atoms with Crippen LogP contribution in [-0.4, -0.2) is 53.4 Å². The lowest BCUT2D eigenvalue weighted by atomic mass is 9.89. The lowest BCUT2D eigenvalue weighted by Gasteiger charge is -2.37. The minimum absolute atomic E-state index is 0.0765. The Bertz CT molecular complexity index is 1190. The lowest BCUT2D eigenvalue weighted by molar-refractivity contribution is -0.127. The van der Waals surface area contributed by atoms with E-state index in [-0.39, 0.29) is 5.91 Å². The monoisotopic (exact) mass is 509 g/mol. The van der Waals surface area contributed by atoms with Crippen molar-refractivity contribution in [1.29, 1.82) is 0 Å². The van der Waals surface area contributed by atoms with Gasteiger partial charge in [0.25, 0.3) is 0 Å². The predicted octanol–water partition coefficient (Wildman–Crippen LogP) is 6.68. The van der Waals surface area contributed by atoms with Crippen LogP contribution in [0.25, 0.3) is 17.0 Å². The van der Waals surface area contributed by atoms with E-state index < -0.39 is 0 Å². The molecule has 2 aliphatic rings. The second kappa shape index (κ2) is 11.2. The fourth-order valence-corrected chi connectivity index (χ4v) is 5.88. The highest BCUT2D eigenvalue weighted by Gasteiger charge is 2.26.